The lowest BCUT2D eigenvalue weighted by atomic mass is 9.87. The van der Waals surface area contributed by atoms with Crippen LogP contribution in [0.15, 0.2) is 5.38 Å². The summed E-state index contributed by atoms with van der Waals surface area (Å²) in [5.74, 6) is -1.87. The van der Waals surface area contributed by atoms with Gasteiger partial charge in [0.1, 0.15) is 5.54 Å². The van der Waals surface area contributed by atoms with Crippen molar-refractivity contribution in [3.8, 4) is 0 Å². The van der Waals surface area contributed by atoms with Gasteiger partial charge in [-0.15, -0.1) is 11.3 Å². The van der Waals surface area contributed by atoms with Crippen LogP contribution in [0.25, 0.3) is 0 Å². The largest absolute Gasteiger partial charge is 0.390 e. The molecule has 22 heavy (non-hydrogen) atoms. The van der Waals surface area contributed by atoms with Crippen LogP contribution in [0.2, 0.25) is 0 Å². The van der Waals surface area contributed by atoms with E-state index < -0.39 is 23.3 Å². The molecule has 1 aromatic heterocycles. The summed E-state index contributed by atoms with van der Waals surface area (Å²) >= 11 is 1.13. The van der Waals surface area contributed by atoms with Crippen molar-refractivity contribution in [2.24, 2.45) is 0 Å². The summed E-state index contributed by atoms with van der Waals surface area (Å²) in [5.41, 5.74) is 4.82. The molecule has 1 aromatic rings. The maximum absolute atomic E-state index is 12.7. The lowest BCUT2D eigenvalue weighted by molar-refractivity contribution is -0.156. The fraction of sp³-hybridized carbons (Fsp3) is 0.429. The van der Waals surface area contributed by atoms with Gasteiger partial charge in [0, 0.05) is 18.3 Å². The average molecular weight is 321 g/mol. The highest BCUT2D eigenvalue weighted by atomic mass is 32.1. The van der Waals surface area contributed by atoms with Crippen molar-refractivity contribution in [3.05, 3.63) is 16.5 Å². The number of fused-ring (bicyclic) bond motifs is 1. The van der Waals surface area contributed by atoms with E-state index in [0.29, 0.717) is 0 Å². The van der Waals surface area contributed by atoms with Gasteiger partial charge in [-0.2, -0.15) is 0 Å². The number of rotatable bonds is 2. The standard InChI is InChI=1S/C14H15N3O4S/c1-3-16-8(18)4-5-14(2,13(16)21)17-11(19)7-6-22-10(15)9(7)12(17)20/h6H,3-5,15H2,1-2H3/t14-/m1/s1. The molecule has 0 saturated carbocycles. The van der Waals surface area contributed by atoms with Gasteiger partial charge in [-0.1, -0.05) is 0 Å². The Bertz CT molecular complexity index is 726. The molecule has 0 radical (unpaired) electrons. The normalized spacial score (nSPS) is 25.2. The van der Waals surface area contributed by atoms with E-state index in [1.807, 2.05) is 0 Å². The predicted molar refractivity (Wildman–Crippen MR) is 79.3 cm³/mol. The summed E-state index contributed by atoms with van der Waals surface area (Å²) < 4.78 is 0. The first-order valence-electron chi connectivity index (χ1n) is 6.93. The zero-order valence-electron chi connectivity index (χ0n) is 12.2. The van der Waals surface area contributed by atoms with E-state index in [1.54, 1.807) is 6.92 Å². The van der Waals surface area contributed by atoms with E-state index in [1.165, 1.54) is 12.3 Å². The molecule has 7 nitrogen and oxygen atoms in total. The van der Waals surface area contributed by atoms with Gasteiger partial charge in [0.15, 0.2) is 0 Å². The van der Waals surface area contributed by atoms with E-state index in [0.717, 1.165) is 21.1 Å². The number of likely N-dealkylation sites (tertiary alicyclic amines) is 1. The highest BCUT2D eigenvalue weighted by molar-refractivity contribution is 7.14. The van der Waals surface area contributed by atoms with Gasteiger partial charge in [0.25, 0.3) is 17.7 Å². The third kappa shape index (κ3) is 1.67. The Hall–Kier alpha value is -2.22. The van der Waals surface area contributed by atoms with E-state index in [-0.39, 0.29) is 41.4 Å². The summed E-state index contributed by atoms with van der Waals surface area (Å²) in [6.07, 6.45) is 0.252. The molecule has 8 heteroatoms. The molecular formula is C14H15N3O4S. The van der Waals surface area contributed by atoms with Gasteiger partial charge >= 0.3 is 0 Å². The lowest BCUT2D eigenvalue weighted by Crippen LogP contribution is -2.63. The van der Waals surface area contributed by atoms with Crippen molar-refractivity contribution in [2.45, 2.75) is 32.2 Å². The minimum Gasteiger partial charge on any atom is -0.390 e. The van der Waals surface area contributed by atoms with Crippen molar-refractivity contribution in [2.75, 3.05) is 12.3 Å². The molecule has 0 spiro atoms. The van der Waals surface area contributed by atoms with Gasteiger partial charge < -0.3 is 5.73 Å². The Kier molecular flexibility index (Phi) is 3.10. The third-order valence-corrected chi connectivity index (χ3v) is 5.12. The molecule has 3 rings (SSSR count). The number of hydrogen-bond acceptors (Lipinski definition) is 6. The second-order valence-electron chi connectivity index (χ2n) is 5.55. The number of carbonyl (C=O) groups excluding carboxylic acids is 4. The van der Waals surface area contributed by atoms with Crippen LogP contribution in [-0.2, 0) is 9.59 Å². The highest BCUT2D eigenvalue weighted by Crippen LogP contribution is 2.40. The van der Waals surface area contributed by atoms with Gasteiger partial charge in [-0.05, 0) is 20.3 Å². The van der Waals surface area contributed by atoms with Gasteiger partial charge in [0.05, 0.1) is 16.1 Å². The monoisotopic (exact) mass is 321 g/mol. The number of piperidine rings is 1. The first kappa shape index (κ1) is 14.7. The molecule has 0 unspecified atom stereocenters. The molecule has 2 N–H and O–H groups in total. The summed E-state index contributed by atoms with van der Waals surface area (Å²) in [5, 5.41) is 1.80. The number of nitrogens with two attached hydrogens (primary N) is 1. The number of carbonyl (C=O) groups is 4. The number of thiophene rings is 1. The summed E-state index contributed by atoms with van der Waals surface area (Å²) in [6.45, 7) is 3.43. The summed E-state index contributed by atoms with van der Waals surface area (Å²) in [4.78, 5) is 51.7. The molecule has 0 bridgehead atoms. The van der Waals surface area contributed by atoms with Crippen molar-refractivity contribution in [3.63, 3.8) is 0 Å². The molecular weight excluding hydrogens is 306 g/mol. The van der Waals surface area contributed by atoms with Gasteiger partial charge in [0.2, 0.25) is 5.91 Å². The molecule has 1 saturated heterocycles. The fourth-order valence-electron chi connectivity index (χ4n) is 3.05. The number of nitrogen functional groups attached to an aromatic ring is 1. The highest BCUT2D eigenvalue weighted by Gasteiger charge is 2.55. The van der Waals surface area contributed by atoms with Crippen LogP contribution in [0.3, 0.4) is 0 Å². The number of imide groups is 2. The molecule has 116 valence electrons. The van der Waals surface area contributed by atoms with Crippen LogP contribution < -0.4 is 5.73 Å². The second kappa shape index (κ2) is 4.64. The molecule has 0 aliphatic carbocycles. The molecule has 0 aromatic carbocycles. The minimum absolute atomic E-state index is 0.121. The summed E-state index contributed by atoms with van der Waals surface area (Å²) in [7, 11) is 0. The number of anilines is 1. The molecule has 1 fully saturated rings. The smallest absolute Gasteiger partial charge is 0.265 e. The van der Waals surface area contributed by atoms with E-state index in [9.17, 15) is 19.2 Å². The SMILES string of the molecule is CCN1C(=O)CC[C@@](C)(N2C(=O)c3csc(N)c3C2=O)C1=O. The number of amides is 4. The Morgan fingerprint density at radius 2 is 1.95 bits per heavy atom. The molecule has 3 heterocycles. The Morgan fingerprint density at radius 3 is 2.55 bits per heavy atom. The van der Waals surface area contributed by atoms with Crippen molar-refractivity contribution in [1.29, 1.82) is 0 Å². The van der Waals surface area contributed by atoms with Crippen LogP contribution in [0, 0.1) is 0 Å². The first-order valence-corrected chi connectivity index (χ1v) is 7.81. The van der Waals surface area contributed by atoms with Crippen LogP contribution >= 0.6 is 11.3 Å². The number of hydrogen-bond donors (Lipinski definition) is 1. The van der Waals surface area contributed by atoms with Crippen molar-refractivity contribution in [1.82, 2.24) is 9.80 Å². The Labute approximate surface area is 130 Å². The van der Waals surface area contributed by atoms with Gasteiger partial charge in [-0.3, -0.25) is 29.0 Å². The summed E-state index contributed by atoms with van der Waals surface area (Å²) in [6, 6.07) is 0. The van der Waals surface area contributed by atoms with E-state index in [4.69, 9.17) is 5.73 Å². The Balaban J connectivity index is 2.04. The quantitative estimate of drug-likeness (QED) is 0.814. The van der Waals surface area contributed by atoms with Crippen LogP contribution in [0.1, 0.15) is 47.4 Å². The van der Waals surface area contributed by atoms with Crippen LogP contribution in [0.5, 0.6) is 0 Å². The van der Waals surface area contributed by atoms with Crippen molar-refractivity contribution < 1.29 is 19.2 Å². The van der Waals surface area contributed by atoms with Crippen molar-refractivity contribution >= 4 is 40.0 Å². The maximum atomic E-state index is 12.7. The first-order chi connectivity index (χ1) is 10.3. The predicted octanol–water partition coefficient (Wildman–Crippen LogP) is 0.854. The van der Waals surface area contributed by atoms with E-state index in [2.05, 4.69) is 0 Å². The fourth-order valence-corrected chi connectivity index (χ4v) is 3.83. The Morgan fingerprint density at radius 1 is 1.27 bits per heavy atom. The number of likely N-dealkylation sites (N-methyl/N-ethyl adjacent to an activating group) is 1. The van der Waals surface area contributed by atoms with E-state index >= 15 is 0 Å². The molecule has 2 aliphatic heterocycles. The second-order valence-corrected chi connectivity index (χ2v) is 6.46. The van der Waals surface area contributed by atoms with Crippen LogP contribution in [0.4, 0.5) is 5.00 Å². The topological polar surface area (TPSA) is 101 Å². The zero-order valence-corrected chi connectivity index (χ0v) is 13.0. The maximum Gasteiger partial charge on any atom is 0.265 e. The number of nitrogens with zero attached hydrogens (tertiary/aromatic N) is 2. The van der Waals surface area contributed by atoms with Gasteiger partial charge in [-0.25, -0.2) is 0 Å². The lowest BCUT2D eigenvalue weighted by Gasteiger charge is -2.42. The van der Waals surface area contributed by atoms with Crippen LogP contribution in [-0.4, -0.2) is 45.5 Å². The third-order valence-electron chi connectivity index (χ3n) is 4.31. The average Bonchev–Trinajstić information content (AvgIpc) is 2.97. The molecule has 1 atom stereocenters. The minimum atomic E-state index is -1.35. The molecule has 4 amide bonds. The zero-order chi connectivity index (χ0) is 16.2. The molecule has 2 aliphatic rings.